The van der Waals surface area contributed by atoms with Crippen LogP contribution in [0.4, 0.5) is 0 Å². The van der Waals surface area contributed by atoms with Crippen LogP contribution in [0.25, 0.3) is 0 Å². The molecule has 0 unspecified atom stereocenters. The van der Waals surface area contributed by atoms with Crippen LogP contribution in [0.5, 0.6) is 0 Å². The van der Waals surface area contributed by atoms with Crippen LogP contribution in [-0.4, -0.2) is 55.0 Å². The molecule has 2 heterocycles. The average molecular weight is 499 g/mol. The van der Waals surface area contributed by atoms with Gasteiger partial charge < -0.3 is 15.3 Å². The monoisotopic (exact) mass is 498 g/mol. The van der Waals surface area contributed by atoms with Crippen molar-refractivity contribution in [3.05, 3.63) is 20.6 Å². The molecular weight excluding hydrogens is 480 g/mol. The van der Waals surface area contributed by atoms with Gasteiger partial charge in [0.15, 0.2) is 0 Å². The Balaban J connectivity index is 2.17. The van der Waals surface area contributed by atoms with E-state index in [1.807, 2.05) is 0 Å². The third kappa shape index (κ3) is 4.95. The number of carboxylic acids is 1. The second-order valence-electron chi connectivity index (χ2n) is 5.95. The maximum Gasteiger partial charge on any atom is 0.400 e. The van der Waals surface area contributed by atoms with Gasteiger partial charge in [-0.05, 0) is 29.8 Å². The topological polar surface area (TPSA) is 139 Å². The van der Waals surface area contributed by atoms with Gasteiger partial charge in [-0.25, -0.2) is 13.2 Å². The van der Waals surface area contributed by atoms with E-state index in [4.69, 9.17) is 4.18 Å². The van der Waals surface area contributed by atoms with Gasteiger partial charge in [-0.1, -0.05) is 11.8 Å². The summed E-state index contributed by atoms with van der Waals surface area (Å²) in [5, 5.41) is 12.0. The summed E-state index contributed by atoms with van der Waals surface area (Å²) in [6.07, 6.45) is 0.575. The largest absolute Gasteiger partial charge is 0.477 e. The van der Waals surface area contributed by atoms with E-state index >= 15 is 0 Å². The Morgan fingerprint density at radius 3 is 2.68 bits per heavy atom. The van der Waals surface area contributed by atoms with Crippen LogP contribution >= 0.6 is 27.7 Å². The zero-order valence-electron chi connectivity index (χ0n) is 15.2. The Labute approximate surface area is 174 Å². The summed E-state index contributed by atoms with van der Waals surface area (Å²) < 4.78 is 33.2. The number of nitrogens with zero attached hydrogens (tertiary/aromatic N) is 1. The van der Waals surface area contributed by atoms with Crippen LogP contribution < -0.4 is 5.32 Å². The number of halogens is 1. The molecule has 0 spiro atoms. The Bertz CT molecular complexity index is 854. The highest BCUT2D eigenvalue weighted by atomic mass is 79.9. The highest BCUT2D eigenvalue weighted by molar-refractivity contribution is 9.14. The van der Waals surface area contributed by atoms with Gasteiger partial charge in [0, 0.05) is 24.4 Å². The first kappa shape index (κ1) is 22.9. The molecule has 2 N–H and O–H groups in total. The number of hydrogen-bond donors (Lipinski definition) is 2. The molecule has 10 nitrogen and oxygen atoms in total. The minimum absolute atomic E-state index is 0.108. The number of hydrogen-bond acceptors (Lipinski definition) is 8. The maximum absolute atomic E-state index is 12.5. The molecule has 0 aromatic carbocycles. The normalized spacial score (nSPS) is 23.4. The Morgan fingerprint density at radius 2 is 2.14 bits per heavy atom. The molecule has 1 saturated heterocycles. The second-order valence-corrected chi connectivity index (χ2v) is 9.71. The van der Waals surface area contributed by atoms with E-state index in [1.54, 1.807) is 0 Å². The summed E-state index contributed by atoms with van der Waals surface area (Å²) in [6, 6.07) is -0.533. The molecule has 2 amide bonds. The fraction of sp³-hybridized carbons (Fsp3) is 0.533. The van der Waals surface area contributed by atoms with Crippen molar-refractivity contribution in [1.82, 2.24) is 10.2 Å². The molecule has 0 saturated carbocycles. The summed E-state index contributed by atoms with van der Waals surface area (Å²) in [6.45, 7) is 4.13. The Morgan fingerprint density at radius 1 is 1.50 bits per heavy atom. The predicted molar refractivity (Wildman–Crippen MR) is 103 cm³/mol. The van der Waals surface area contributed by atoms with Crippen LogP contribution in [0.15, 0.2) is 20.6 Å². The van der Waals surface area contributed by atoms with Crippen molar-refractivity contribution < 1.29 is 36.3 Å². The fourth-order valence-electron chi connectivity index (χ4n) is 3.03. The van der Waals surface area contributed by atoms with E-state index in [2.05, 4.69) is 25.4 Å². The molecule has 13 heteroatoms. The van der Waals surface area contributed by atoms with Gasteiger partial charge in [-0.3, -0.25) is 9.59 Å². The summed E-state index contributed by atoms with van der Waals surface area (Å²) in [4.78, 5) is 36.7. The van der Waals surface area contributed by atoms with E-state index in [0.29, 0.717) is 8.72 Å². The van der Waals surface area contributed by atoms with Crippen LogP contribution in [0.3, 0.4) is 0 Å². The first-order valence-electron chi connectivity index (χ1n) is 8.16. The van der Waals surface area contributed by atoms with Crippen LogP contribution in [-0.2, 0) is 33.1 Å². The molecule has 156 valence electrons. The number of carboxylic acid groups (broad SMARTS) is 1. The number of carbonyl (C=O) groups excluding carboxylic acids is 2. The number of nitrogens with one attached hydrogen (secondary N) is 1. The summed E-state index contributed by atoms with van der Waals surface area (Å²) in [5.41, 5.74) is -0.163. The molecule has 0 aromatic rings. The zero-order valence-corrected chi connectivity index (χ0v) is 18.4. The fourth-order valence-corrected chi connectivity index (χ4v) is 5.46. The standard InChI is InChI=1S/C15H19BrN2O8S2/c1-4-25-28(23,24)26-7(2)12-9-5-10(27-11(16)6-17-8(3)19)13(15(21)22)18(9)14(12)20/h6-7,9,12H,4-5H2,1-3H3,(H,17,19)(H,21,22)/t7-,9+,12-/m0/s1. The molecule has 0 aliphatic carbocycles. The van der Waals surface area contributed by atoms with Gasteiger partial charge >= 0.3 is 16.4 Å². The number of fused-ring (bicyclic) bond motifs is 1. The molecule has 1 fully saturated rings. The minimum Gasteiger partial charge on any atom is -0.477 e. The molecule has 0 bridgehead atoms. The molecule has 2 aliphatic heterocycles. The molecule has 2 rings (SSSR count). The summed E-state index contributed by atoms with van der Waals surface area (Å²) in [5.74, 6) is -2.91. The van der Waals surface area contributed by atoms with Crippen molar-refractivity contribution in [1.29, 1.82) is 0 Å². The van der Waals surface area contributed by atoms with E-state index in [1.165, 1.54) is 27.0 Å². The van der Waals surface area contributed by atoms with Gasteiger partial charge in [0.05, 0.1) is 28.5 Å². The molecule has 0 radical (unpaired) electrons. The first-order chi connectivity index (χ1) is 13.0. The van der Waals surface area contributed by atoms with Crippen molar-refractivity contribution in [2.24, 2.45) is 5.92 Å². The molecule has 3 atom stereocenters. The van der Waals surface area contributed by atoms with Crippen molar-refractivity contribution in [3.8, 4) is 0 Å². The second kappa shape index (κ2) is 8.95. The molecule has 2 aliphatic rings. The van der Waals surface area contributed by atoms with E-state index in [9.17, 15) is 27.9 Å². The average Bonchev–Trinajstić information content (AvgIpc) is 2.86. The van der Waals surface area contributed by atoms with Crippen LogP contribution in [0, 0.1) is 5.92 Å². The summed E-state index contributed by atoms with van der Waals surface area (Å²) in [7, 11) is -4.24. The number of aliphatic carboxylic acids is 1. The lowest BCUT2D eigenvalue weighted by Gasteiger charge is -2.45. The Hall–Kier alpha value is -1.41. The lowest BCUT2D eigenvalue weighted by atomic mass is 9.83. The van der Waals surface area contributed by atoms with Crippen LogP contribution in [0.2, 0.25) is 0 Å². The van der Waals surface area contributed by atoms with Gasteiger partial charge in [0.25, 0.3) is 0 Å². The molecular formula is C15H19BrN2O8S2. The van der Waals surface area contributed by atoms with Gasteiger partial charge in [0.1, 0.15) is 5.70 Å². The summed E-state index contributed by atoms with van der Waals surface area (Å²) >= 11 is 4.28. The highest BCUT2D eigenvalue weighted by Crippen LogP contribution is 2.49. The van der Waals surface area contributed by atoms with Crippen molar-refractivity contribution >= 4 is 55.9 Å². The Kier molecular flexibility index (Phi) is 7.31. The lowest BCUT2D eigenvalue weighted by Crippen LogP contribution is -2.62. The number of rotatable bonds is 9. The van der Waals surface area contributed by atoms with Crippen molar-refractivity contribution in [3.63, 3.8) is 0 Å². The van der Waals surface area contributed by atoms with Gasteiger partial charge in [-0.2, -0.15) is 8.42 Å². The predicted octanol–water partition coefficient (Wildman–Crippen LogP) is 1.26. The van der Waals surface area contributed by atoms with E-state index in [-0.39, 0.29) is 24.6 Å². The smallest absolute Gasteiger partial charge is 0.400 e. The number of thioether (sulfide) groups is 1. The SMILES string of the molecule is CCOS(=O)(=O)O[C@@H](C)[C@@H]1C(=O)N2C(C(=O)O)=C(SC(Br)=CNC(C)=O)C[C@H]12. The van der Waals surface area contributed by atoms with E-state index < -0.39 is 40.3 Å². The van der Waals surface area contributed by atoms with Crippen molar-refractivity contribution in [2.75, 3.05) is 6.61 Å². The van der Waals surface area contributed by atoms with E-state index in [0.717, 1.165) is 16.7 Å². The van der Waals surface area contributed by atoms with Gasteiger partial charge in [0.2, 0.25) is 11.8 Å². The lowest BCUT2D eigenvalue weighted by molar-refractivity contribution is -0.160. The third-order valence-corrected chi connectivity index (χ3v) is 6.72. The molecule has 28 heavy (non-hydrogen) atoms. The maximum atomic E-state index is 12.5. The minimum atomic E-state index is -4.24. The highest BCUT2D eigenvalue weighted by Gasteiger charge is 2.58. The number of β-lactam (4-membered cyclic amide) rings is 1. The first-order valence-corrected chi connectivity index (χ1v) is 11.1. The quantitative estimate of drug-likeness (QED) is 0.449. The zero-order chi connectivity index (χ0) is 21.2. The van der Waals surface area contributed by atoms with Crippen molar-refractivity contribution in [2.45, 2.75) is 39.3 Å². The number of amides is 2. The number of carbonyl (C=O) groups is 3. The van der Waals surface area contributed by atoms with Crippen LogP contribution in [0.1, 0.15) is 27.2 Å². The third-order valence-electron chi connectivity index (χ3n) is 4.02. The van der Waals surface area contributed by atoms with Gasteiger partial charge in [-0.15, -0.1) is 0 Å². The molecule has 0 aromatic heterocycles.